The fraction of sp³-hybridized carbons (Fsp3) is 0.769. The molecule has 1 aliphatic carbocycles. The van der Waals surface area contributed by atoms with E-state index in [9.17, 15) is 0 Å². The van der Waals surface area contributed by atoms with Gasteiger partial charge >= 0.3 is 0 Å². The topological polar surface area (TPSA) is 42.2 Å². The molecule has 1 aromatic heterocycles. The van der Waals surface area contributed by atoms with Crippen LogP contribution in [0.15, 0.2) is 0 Å². The van der Waals surface area contributed by atoms with Gasteiger partial charge in [-0.05, 0) is 38.0 Å². The van der Waals surface area contributed by atoms with Crippen LogP contribution < -0.4 is 10.6 Å². The lowest BCUT2D eigenvalue weighted by molar-refractivity contribution is 0.438. The summed E-state index contributed by atoms with van der Waals surface area (Å²) in [5.74, 6) is 0.878. The van der Waals surface area contributed by atoms with Gasteiger partial charge in [-0.1, -0.05) is 18.3 Å². The Morgan fingerprint density at radius 2 is 2.06 bits per heavy atom. The summed E-state index contributed by atoms with van der Waals surface area (Å²) in [6, 6.07) is 0.244. The van der Waals surface area contributed by atoms with Crippen molar-refractivity contribution in [2.45, 2.75) is 45.1 Å². The molecule has 1 fully saturated rings. The summed E-state index contributed by atoms with van der Waals surface area (Å²) in [5, 5.41) is 1.22. The van der Waals surface area contributed by atoms with E-state index in [1.165, 1.54) is 48.1 Å². The first kappa shape index (κ1) is 11.5. The van der Waals surface area contributed by atoms with Gasteiger partial charge in [-0.25, -0.2) is 4.98 Å². The van der Waals surface area contributed by atoms with E-state index in [1.807, 2.05) is 11.3 Å². The third kappa shape index (κ3) is 2.20. The van der Waals surface area contributed by atoms with Crippen molar-refractivity contribution in [3.05, 3.63) is 10.6 Å². The van der Waals surface area contributed by atoms with Crippen LogP contribution in [-0.2, 0) is 6.42 Å². The number of nitrogens with two attached hydrogens (primary N) is 1. The monoisotopic (exact) mass is 251 g/mol. The average Bonchev–Trinajstić information content (AvgIpc) is 2.75. The summed E-state index contributed by atoms with van der Waals surface area (Å²) in [5.41, 5.74) is 7.44. The van der Waals surface area contributed by atoms with Gasteiger partial charge in [0.1, 0.15) is 0 Å². The van der Waals surface area contributed by atoms with Crippen LogP contribution in [0.4, 0.5) is 5.13 Å². The van der Waals surface area contributed by atoms with Gasteiger partial charge in [0.25, 0.3) is 0 Å². The van der Waals surface area contributed by atoms with Crippen LogP contribution in [0.5, 0.6) is 0 Å². The molecule has 1 aromatic rings. The van der Waals surface area contributed by atoms with Gasteiger partial charge in [0.05, 0.1) is 5.69 Å². The van der Waals surface area contributed by atoms with E-state index in [2.05, 4.69) is 11.8 Å². The lowest BCUT2D eigenvalue weighted by Crippen LogP contribution is -2.32. The summed E-state index contributed by atoms with van der Waals surface area (Å²) < 4.78 is 0. The van der Waals surface area contributed by atoms with Crippen LogP contribution in [0.3, 0.4) is 0 Å². The molecular weight excluding hydrogens is 230 g/mol. The number of fused-ring (bicyclic) bond motifs is 1. The number of hydrogen-bond acceptors (Lipinski definition) is 4. The summed E-state index contributed by atoms with van der Waals surface area (Å²) >= 11 is 1.84. The number of aryl methyl sites for hydroxylation is 1. The molecule has 1 atom stereocenters. The van der Waals surface area contributed by atoms with Gasteiger partial charge in [-0.3, -0.25) is 0 Å². The highest BCUT2D eigenvalue weighted by molar-refractivity contribution is 7.15. The Hall–Kier alpha value is -0.610. The summed E-state index contributed by atoms with van der Waals surface area (Å²) in [4.78, 5) is 8.62. The van der Waals surface area contributed by atoms with Gasteiger partial charge in [-0.15, -0.1) is 0 Å². The number of piperidine rings is 1. The molecule has 94 valence electrons. The molecule has 2 aliphatic rings. The van der Waals surface area contributed by atoms with E-state index < -0.39 is 0 Å². The quantitative estimate of drug-likeness (QED) is 0.834. The van der Waals surface area contributed by atoms with Crippen LogP contribution in [0.2, 0.25) is 0 Å². The highest BCUT2D eigenvalue weighted by atomic mass is 32.1. The lowest BCUT2D eigenvalue weighted by Gasteiger charge is -2.29. The van der Waals surface area contributed by atoms with Gasteiger partial charge < -0.3 is 10.6 Å². The summed E-state index contributed by atoms with van der Waals surface area (Å²) in [6.45, 7) is 4.69. The minimum absolute atomic E-state index is 0.244. The van der Waals surface area contributed by atoms with Crippen molar-refractivity contribution >= 4 is 16.5 Å². The molecule has 17 heavy (non-hydrogen) atoms. The first-order valence-electron chi connectivity index (χ1n) is 6.74. The lowest BCUT2D eigenvalue weighted by atomic mass is 9.99. The first-order valence-corrected chi connectivity index (χ1v) is 7.56. The molecule has 1 aliphatic heterocycles. The second kappa shape index (κ2) is 4.58. The van der Waals surface area contributed by atoms with E-state index in [4.69, 9.17) is 10.7 Å². The Bertz CT molecular complexity index is 393. The molecule has 2 N–H and O–H groups in total. The molecule has 0 aromatic carbocycles. The first-order chi connectivity index (χ1) is 8.24. The second-order valence-electron chi connectivity index (χ2n) is 5.48. The van der Waals surface area contributed by atoms with Crippen molar-refractivity contribution in [1.82, 2.24) is 4.98 Å². The maximum Gasteiger partial charge on any atom is 0.185 e. The van der Waals surface area contributed by atoms with Crippen molar-refractivity contribution in [2.75, 3.05) is 18.0 Å². The Balaban J connectivity index is 1.80. The third-order valence-electron chi connectivity index (χ3n) is 4.04. The maximum absolute atomic E-state index is 6.16. The van der Waals surface area contributed by atoms with E-state index >= 15 is 0 Å². The minimum Gasteiger partial charge on any atom is -0.348 e. The zero-order valence-electron chi connectivity index (χ0n) is 10.5. The van der Waals surface area contributed by atoms with Crippen molar-refractivity contribution in [3.63, 3.8) is 0 Å². The minimum atomic E-state index is 0.244. The van der Waals surface area contributed by atoms with Crippen molar-refractivity contribution in [2.24, 2.45) is 11.7 Å². The molecule has 1 unspecified atom stereocenters. The molecule has 0 radical (unpaired) electrons. The molecule has 4 heteroatoms. The van der Waals surface area contributed by atoms with Crippen LogP contribution in [0.1, 0.15) is 49.2 Å². The molecule has 0 saturated carbocycles. The molecular formula is C13H21N3S. The molecule has 1 saturated heterocycles. The SMILES string of the molecule is CC1CCN(c2nc3c(s2)C(N)CCC3)CC1. The molecule has 0 spiro atoms. The Kier molecular flexibility index (Phi) is 3.09. The fourth-order valence-electron chi connectivity index (χ4n) is 2.78. The van der Waals surface area contributed by atoms with Gasteiger partial charge in [0.2, 0.25) is 0 Å². The van der Waals surface area contributed by atoms with Crippen molar-refractivity contribution in [3.8, 4) is 0 Å². The highest BCUT2D eigenvalue weighted by Crippen LogP contribution is 2.37. The van der Waals surface area contributed by atoms with E-state index in [-0.39, 0.29) is 6.04 Å². The second-order valence-corrected chi connectivity index (χ2v) is 6.48. The largest absolute Gasteiger partial charge is 0.348 e. The molecule has 3 rings (SSSR count). The van der Waals surface area contributed by atoms with Crippen molar-refractivity contribution < 1.29 is 0 Å². The number of hydrogen-bond donors (Lipinski definition) is 1. The van der Waals surface area contributed by atoms with Crippen LogP contribution in [-0.4, -0.2) is 18.1 Å². The Morgan fingerprint density at radius 1 is 1.29 bits per heavy atom. The van der Waals surface area contributed by atoms with Gasteiger partial charge in [0.15, 0.2) is 5.13 Å². The van der Waals surface area contributed by atoms with Crippen LogP contribution >= 0.6 is 11.3 Å². The predicted octanol–water partition coefficient (Wildman–Crippen LogP) is 2.72. The van der Waals surface area contributed by atoms with Gasteiger partial charge in [0, 0.05) is 24.0 Å². The Morgan fingerprint density at radius 3 is 2.76 bits per heavy atom. The predicted molar refractivity (Wildman–Crippen MR) is 72.6 cm³/mol. The number of rotatable bonds is 1. The smallest absolute Gasteiger partial charge is 0.185 e. The third-order valence-corrected chi connectivity index (χ3v) is 5.33. The van der Waals surface area contributed by atoms with Crippen LogP contribution in [0.25, 0.3) is 0 Å². The summed E-state index contributed by atoms with van der Waals surface area (Å²) in [7, 11) is 0. The highest BCUT2D eigenvalue weighted by Gasteiger charge is 2.25. The van der Waals surface area contributed by atoms with Crippen LogP contribution in [0, 0.1) is 5.92 Å². The summed E-state index contributed by atoms with van der Waals surface area (Å²) in [6.07, 6.45) is 6.07. The number of anilines is 1. The standard InChI is InChI=1S/C13H21N3S/c1-9-5-7-16(8-6-9)13-15-11-4-2-3-10(14)12(11)17-13/h9-10H,2-8,14H2,1H3. The van der Waals surface area contributed by atoms with E-state index in [0.29, 0.717) is 0 Å². The number of aromatic nitrogens is 1. The molecule has 0 amide bonds. The number of nitrogens with zero attached hydrogens (tertiary/aromatic N) is 2. The Labute approximate surface area is 107 Å². The van der Waals surface area contributed by atoms with E-state index in [1.54, 1.807) is 0 Å². The molecule has 0 bridgehead atoms. The average molecular weight is 251 g/mol. The maximum atomic E-state index is 6.16. The molecule has 2 heterocycles. The fourth-order valence-corrected chi connectivity index (χ4v) is 3.97. The number of thiazole rings is 1. The normalized spacial score (nSPS) is 26.0. The zero-order valence-corrected chi connectivity index (χ0v) is 11.3. The zero-order chi connectivity index (χ0) is 11.8. The van der Waals surface area contributed by atoms with Gasteiger partial charge in [-0.2, -0.15) is 0 Å². The molecule has 3 nitrogen and oxygen atoms in total. The van der Waals surface area contributed by atoms with E-state index in [0.717, 1.165) is 18.8 Å². The van der Waals surface area contributed by atoms with Crippen molar-refractivity contribution in [1.29, 1.82) is 0 Å².